The third-order valence-electron chi connectivity index (χ3n) is 2.08. The number of hydrogen-bond acceptors (Lipinski definition) is 3. The average Bonchev–Trinajstić information content (AvgIpc) is 2.45. The number of fused-ring (bicyclic) bond motifs is 1. The van der Waals surface area contributed by atoms with Crippen LogP contribution in [0.15, 0.2) is 18.2 Å². The topological polar surface area (TPSA) is 74.9 Å². The molecule has 0 radical (unpaired) electrons. The summed E-state index contributed by atoms with van der Waals surface area (Å²) in [5.74, 6) is 0.945. The molecule has 0 aliphatic carbocycles. The van der Waals surface area contributed by atoms with Crippen LogP contribution < -0.4 is 5.73 Å². The fourth-order valence-electron chi connectivity index (χ4n) is 1.30. The number of nitrogens with zero attached hydrogens (tertiary/aromatic N) is 1. The second kappa shape index (κ2) is 2.72. The number of phenolic OH excluding ortho intramolecular Hbond substituents is 1. The lowest BCUT2D eigenvalue weighted by molar-refractivity contribution is 0.476. The molecule has 0 aliphatic heterocycles. The number of phenols is 1. The van der Waals surface area contributed by atoms with Crippen LogP contribution in [-0.4, -0.2) is 15.1 Å². The van der Waals surface area contributed by atoms with Crippen molar-refractivity contribution in [2.24, 2.45) is 5.73 Å². The molecule has 1 aromatic heterocycles. The molecule has 0 saturated heterocycles. The van der Waals surface area contributed by atoms with Crippen molar-refractivity contribution in [3.8, 4) is 5.75 Å². The Hall–Kier alpha value is -1.55. The summed E-state index contributed by atoms with van der Waals surface area (Å²) < 4.78 is 0. The molecule has 0 atom stereocenters. The van der Waals surface area contributed by atoms with E-state index >= 15 is 0 Å². The van der Waals surface area contributed by atoms with Gasteiger partial charge in [-0.15, -0.1) is 0 Å². The largest absolute Gasteiger partial charge is 0.508 e. The fourth-order valence-corrected chi connectivity index (χ4v) is 1.30. The normalized spacial score (nSPS) is 12.2. The molecular weight excluding hydrogens is 178 g/mol. The van der Waals surface area contributed by atoms with Crippen LogP contribution in [0.1, 0.15) is 19.7 Å². The van der Waals surface area contributed by atoms with Crippen molar-refractivity contribution in [1.29, 1.82) is 0 Å². The molecule has 2 aromatic rings. The van der Waals surface area contributed by atoms with Crippen molar-refractivity contribution in [2.45, 2.75) is 19.4 Å². The number of rotatable bonds is 1. The number of benzene rings is 1. The van der Waals surface area contributed by atoms with Crippen molar-refractivity contribution < 1.29 is 5.11 Å². The van der Waals surface area contributed by atoms with Crippen LogP contribution in [0, 0.1) is 0 Å². The monoisotopic (exact) mass is 191 g/mol. The quantitative estimate of drug-likeness (QED) is 0.638. The van der Waals surface area contributed by atoms with Gasteiger partial charge in [-0.1, -0.05) is 0 Å². The van der Waals surface area contributed by atoms with Crippen LogP contribution in [0.2, 0.25) is 0 Å². The highest BCUT2D eigenvalue weighted by molar-refractivity contribution is 5.76. The Morgan fingerprint density at radius 2 is 2.14 bits per heavy atom. The molecule has 0 amide bonds. The smallest absolute Gasteiger partial charge is 0.126 e. The minimum absolute atomic E-state index is 0.225. The third kappa shape index (κ3) is 1.44. The Morgan fingerprint density at radius 3 is 2.79 bits per heavy atom. The maximum absolute atomic E-state index is 9.26. The lowest BCUT2D eigenvalue weighted by Crippen LogP contribution is -2.30. The second-order valence-corrected chi connectivity index (χ2v) is 4.01. The third-order valence-corrected chi connectivity index (χ3v) is 2.08. The molecule has 2 rings (SSSR count). The van der Waals surface area contributed by atoms with Gasteiger partial charge in [0.1, 0.15) is 11.6 Å². The van der Waals surface area contributed by atoms with Gasteiger partial charge in [0.15, 0.2) is 0 Å². The zero-order valence-electron chi connectivity index (χ0n) is 8.20. The van der Waals surface area contributed by atoms with Gasteiger partial charge in [-0.2, -0.15) is 0 Å². The fraction of sp³-hybridized carbons (Fsp3) is 0.300. The number of H-pyrrole nitrogens is 1. The summed E-state index contributed by atoms with van der Waals surface area (Å²) in [5, 5.41) is 9.26. The van der Waals surface area contributed by atoms with Crippen LogP contribution >= 0.6 is 0 Å². The highest BCUT2D eigenvalue weighted by atomic mass is 16.3. The van der Waals surface area contributed by atoms with E-state index in [1.807, 2.05) is 13.8 Å². The molecule has 74 valence electrons. The van der Waals surface area contributed by atoms with Crippen LogP contribution in [0.3, 0.4) is 0 Å². The molecule has 14 heavy (non-hydrogen) atoms. The van der Waals surface area contributed by atoms with Crippen molar-refractivity contribution in [3.63, 3.8) is 0 Å². The Bertz CT molecular complexity index is 468. The molecule has 4 N–H and O–H groups in total. The van der Waals surface area contributed by atoms with Gasteiger partial charge in [-0.3, -0.25) is 0 Å². The van der Waals surface area contributed by atoms with Crippen LogP contribution in [0.5, 0.6) is 5.75 Å². The molecule has 4 nitrogen and oxygen atoms in total. The molecule has 0 saturated carbocycles. The number of hydrogen-bond donors (Lipinski definition) is 3. The molecule has 1 heterocycles. The van der Waals surface area contributed by atoms with Crippen molar-refractivity contribution in [1.82, 2.24) is 9.97 Å². The summed E-state index contributed by atoms with van der Waals surface area (Å²) >= 11 is 0. The zero-order valence-corrected chi connectivity index (χ0v) is 8.20. The summed E-state index contributed by atoms with van der Waals surface area (Å²) in [6, 6.07) is 5.00. The lowest BCUT2D eigenvalue weighted by atomic mass is 10.1. The summed E-state index contributed by atoms with van der Waals surface area (Å²) in [7, 11) is 0. The predicted octanol–water partition coefficient (Wildman–Crippen LogP) is 1.46. The van der Waals surface area contributed by atoms with Gasteiger partial charge < -0.3 is 15.8 Å². The first-order valence-corrected chi connectivity index (χ1v) is 4.45. The van der Waals surface area contributed by atoms with Gasteiger partial charge in [0.2, 0.25) is 0 Å². The van der Waals surface area contributed by atoms with E-state index in [2.05, 4.69) is 9.97 Å². The highest BCUT2D eigenvalue weighted by Crippen LogP contribution is 2.21. The number of aromatic hydroxyl groups is 1. The number of aromatic nitrogens is 2. The number of aromatic amines is 1. The Morgan fingerprint density at radius 1 is 1.43 bits per heavy atom. The van der Waals surface area contributed by atoms with E-state index < -0.39 is 5.54 Å². The van der Waals surface area contributed by atoms with Gasteiger partial charge in [0.25, 0.3) is 0 Å². The van der Waals surface area contributed by atoms with Crippen molar-refractivity contribution in [3.05, 3.63) is 24.0 Å². The Balaban J connectivity index is 2.63. The van der Waals surface area contributed by atoms with E-state index in [4.69, 9.17) is 5.73 Å². The highest BCUT2D eigenvalue weighted by Gasteiger charge is 2.18. The van der Waals surface area contributed by atoms with Gasteiger partial charge in [0, 0.05) is 6.07 Å². The van der Waals surface area contributed by atoms with Gasteiger partial charge in [-0.25, -0.2) is 4.98 Å². The first kappa shape index (κ1) is 9.02. The summed E-state index contributed by atoms with van der Waals surface area (Å²) in [6.45, 7) is 3.76. The number of imidazole rings is 1. The minimum Gasteiger partial charge on any atom is -0.508 e. The van der Waals surface area contributed by atoms with E-state index in [-0.39, 0.29) is 5.75 Å². The van der Waals surface area contributed by atoms with E-state index in [0.29, 0.717) is 0 Å². The van der Waals surface area contributed by atoms with Crippen molar-refractivity contribution in [2.75, 3.05) is 0 Å². The summed E-state index contributed by atoms with van der Waals surface area (Å²) in [6.07, 6.45) is 0. The number of nitrogens with one attached hydrogen (secondary N) is 1. The maximum Gasteiger partial charge on any atom is 0.126 e. The van der Waals surface area contributed by atoms with Crippen molar-refractivity contribution >= 4 is 11.0 Å². The first-order valence-electron chi connectivity index (χ1n) is 4.45. The summed E-state index contributed by atoms with van der Waals surface area (Å²) in [5.41, 5.74) is 7.03. The minimum atomic E-state index is -0.491. The molecule has 0 aliphatic rings. The molecule has 1 aromatic carbocycles. The first-order chi connectivity index (χ1) is 6.47. The van der Waals surface area contributed by atoms with E-state index in [0.717, 1.165) is 16.9 Å². The Kier molecular flexibility index (Phi) is 1.75. The number of nitrogens with two attached hydrogens (primary N) is 1. The molecule has 0 unspecified atom stereocenters. The SMILES string of the molecule is CC(C)(N)c1nc2ccc(O)cc2[nH]1. The summed E-state index contributed by atoms with van der Waals surface area (Å²) in [4.78, 5) is 7.41. The van der Waals surface area contributed by atoms with Crippen LogP contribution in [-0.2, 0) is 5.54 Å². The average molecular weight is 191 g/mol. The van der Waals surface area contributed by atoms with E-state index in [9.17, 15) is 5.11 Å². The lowest BCUT2D eigenvalue weighted by Gasteiger charge is -2.13. The van der Waals surface area contributed by atoms with E-state index in [1.54, 1.807) is 18.2 Å². The van der Waals surface area contributed by atoms with Crippen LogP contribution in [0.25, 0.3) is 11.0 Å². The van der Waals surface area contributed by atoms with Gasteiger partial charge in [-0.05, 0) is 26.0 Å². The Labute approximate surface area is 81.8 Å². The van der Waals surface area contributed by atoms with E-state index in [1.165, 1.54) is 0 Å². The zero-order chi connectivity index (χ0) is 10.3. The second-order valence-electron chi connectivity index (χ2n) is 4.01. The molecule has 0 fully saturated rings. The molecule has 0 spiro atoms. The standard InChI is InChI=1S/C10H13N3O/c1-10(2,11)9-12-7-4-3-6(14)5-8(7)13-9/h3-5,14H,11H2,1-2H3,(H,12,13). The molecular formula is C10H13N3O. The van der Waals surface area contributed by atoms with Gasteiger partial charge in [0.05, 0.1) is 16.6 Å². The maximum atomic E-state index is 9.26. The molecule has 0 bridgehead atoms. The molecule has 4 heteroatoms. The van der Waals surface area contributed by atoms with Gasteiger partial charge >= 0.3 is 0 Å². The predicted molar refractivity (Wildman–Crippen MR) is 55.0 cm³/mol. The van der Waals surface area contributed by atoms with Crippen LogP contribution in [0.4, 0.5) is 0 Å².